The van der Waals surface area contributed by atoms with Gasteiger partial charge < -0.3 is 10.1 Å². The van der Waals surface area contributed by atoms with Crippen LogP contribution in [-0.2, 0) is 0 Å². The zero-order valence-electron chi connectivity index (χ0n) is 11.3. The van der Waals surface area contributed by atoms with Crippen LogP contribution in [0.1, 0.15) is 18.5 Å². The predicted octanol–water partition coefficient (Wildman–Crippen LogP) is 4.83. The number of hydrogen-bond acceptors (Lipinski definition) is 2. The van der Waals surface area contributed by atoms with Crippen LogP contribution in [0.2, 0.25) is 5.02 Å². The second-order valence-corrected chi connectivity index (χ2v) is 5.83. The zero-order chi connectivity index (χ0) is 14.4. The van der Waals surface area contributed by atoms with Crippen molar-refractivity contribution in [2.24, 2.45) is 0 Å². The summed E-state index contributed by atoms with van der Waals surface area (Å²) in [5.41, 5.74) is 1.11. The molecule has 0 saturated carbocycles. The number of halogens is 2. The molecule has 2 nitrogen and oxygen atoms in total. The minimum atomic E-state index is 0.204. The Kier molecular flexibility index (Phi) is 5.89. The minimum Gasteiger partial charge on any atom is -0.492 e. The van der Waals surface area contributed by atoms with Gasteiger partial charge in [0.25, 0.3) is 0 Å². The highest BCUT2D eigenvalue weighted by molar-refractivity contribution is 9.10. The lowest BCUT2D eigenvalue weighted by Gasteiger charge is -2.16. The van der Waals surface area contributed by atoms with Crippen LogP contribution in [0.25, 0.3) is 0 Å². The van der Waals surface area contributed by atoms with Gasteiger partial charge in [0.05, 0.1) is 0 Å². The van der Waals surface area contributed by atoms with Gasteiger partial charge in [-0.25, -0.2) is 0 Å². The standard InChI is InChI=1S/C16H17BrClNO/c1-12(15-7-2-3-8-16(15)18)19-9-10-20-14-6-4-5-13(17)11-14/h2-8,11-12,19H,9-10H2,1H3/t12-/m0/s1. The third-order valence-corrected chi connectivity index (χ3v) is 3.83. The molecule has 2 aromatic rings. The molecule has 20 heavy (non-hydrogen) atoms. The topological polar surface area (TPSA) is 21.3 Å². The lowest BCUT2D eigenvalue weighted by Crippen LogP contribution is -2.24. The van der Waals surface area contributed by atoms with Crippen molar-refractivity contribution in [3.63, 3.8) is 0 Å². The van der Waals surface area contributed by atoms with Gasteiger partial charge in [-0.05, 0) is 36.8 Å². The number of rotatable bonds is 6. The van der Waals surface area contributed by atoms with Gasteiger partial charge in [-0.3, -0.25) is 0 Å². The molecule has 1 atom stereocenters. The van der Waals surface area contributed by atoms with E-state index in [1.165, 1.54) is 0 Å². The number of nitrogens with one attached hydrogen (secondary N) is 1. The van der Waals surface area contributed by atoms with E-state index >= 15 is 0 Å². The lowest BCUT2D eigenvalue weighted by atomic mass is 10.1. The van der Waals surface area contributed by atoms with Gasteiger partial charge in [0.15, 0.2) is 0 Å². The van der Waals surface area contributed by atoms with Crippen molar-refractivity contribution in [2.45, 2.75) is 13.0 Å². The molecule has 0 saturated heterocycles. The van der Waals surface area contributed by atoms with E-state index in [9.17, 15) is 0 Å². The fourth-order valence-corrected chi connectivity index (χ4v) is 2.61. The molecule has 0 bridgehead atoms. The summed E-state index contributed by atoms with van der Waals surface area (Å²) in [5.74, 6) is 0.867. The van der Waals surface area contributed by atoms with Gasteiger partial charge in [0.2, 0.25) is 0 Å². The molecule has 0 aliphatic rings. The van der Waals surface area contributed by atoms with E-state index < -0.39 is 0 Å². The first-order valence-corrected chi connectivity index (χ1v) is 7.70. The zero-order valence-corrected chi connectivity index (χ0v) is 13.6. The van der Waals surface area contributed by atoms with E-state index in [-0.39, 0.29) is 6.04 Å². The summed E-state index contributed by atoms with van der Waals surface area (Å²) in [6, 6.07) is 15.9. The van der Waals surface area contributed by atoms with Crippen molar-refractivity contribution >= 4 is 27.5 Å². The maximum atomic E-state index is 6.17. The first-order chi connectivity index (χ1) is 9.66. The van der Waals surface area contributed by atoms with Crippen molar-refractivity contribution in [1.82, 2.24) is 5.32 Å². The second-order valence-electron chi connectivity index (χ2n) is 4.50. The summed E-state index contributed by atoms with van der Waals surface area (Å²) in [7, 11) is 0. The van der Waals surface area contributed by atoms with Crippen LogP contribution < -0.4 is 10.1 Å². The third kappa shape index (κ3) is 4.51. The van der Waals surface area contributed by atoms with Gasteiger partial charge in [-0.2, -0.15) is 0 Å². The number of hydrogen-bond donors (Lipinski definition) is 1. The molecule has 106 valence electrons. The monoisotopic (exact) mass is 353 g/mol. The SMILES string of the molecule is C[C@H](NCCOc1cccc(Br)c1)c1ccccc1Cl. The van der Waals surface area contributed by atoms with Gasteiger partial charge in [-0.15, -0.1) is 0 Å². The maximum absolute atomic E-state index is 6.17. The summed E-state index contributed by atoms with van der Waals surface area (Å²) >= 11 is 9.59. The largest absolute Gasteiger partial charge is 0.492 e. The Bertz CT molecular complexity index is 562. The first-order valence-electron chi connectivity index (χ1n) is 6.53. The Hall–Kier alpha value is -1.03. The Labute approximate surface area is 133 Å². The quantitative estimate of drug-likeness (QED) is 0.750. The molecule has 2 aromatic carbocycles. The predicted molar refractivity (Wildman–Crippen MR) is 87.5 cm³/mol. The van der Waals surface area contributed by atoms with Crippen LogP contribution in [-0.4, -0.2) is 13.2 Å². The minimum absolute atomic E-state index is 0.204. The molecule has 2 rings (SSSR count). The average Bonchev–Trinajstić information content (AvgIpc) is 2.44. The van der Waals surface area contributed by atoms with E-state index in [1.807, 2.05) is 48.5 Å². The molecule has 0 spiro atoms. The molecular formula is C16H17BrClNO. The van der Waals surface area contributed by atoms with E-state index in [1.54, 1.807) is 0 Å². The van der Waals surface area contributed by atoms with Crippen LogP contribution in [0.15, 0.2) is 53.0 Å². The Balaban J connectivity index is 1.77. The normalized spacial score (nSPS) is 12.2. The molecular weight excluding hydrogens is 338 g/mol. The highest BCUT2D eigenvalue weighted by atomic mass is 79.9. The Morgan fingerprint density at radius 3 is 2.75 bits per heavy atom. The molecule has 4 heteroatoms. The van der Waals surface area contributed by atoms with E-state index in [0.717, 1.165) is 27.4 Å². The van der Waals surface area contributed by atoms with Crippen molar-refractivity contribution in [1.29, 1.82) is 0 Å². The summed E-state index contributed by atoms with van der Waals surface area (Å²) in [6.45, 7) is 3.48. The van der Waals surface area contributed by atoms with Crippen molar-refractivity contribution in [3.8, 4) is 5.75 Å². The molecule has 0 radical (unpaired) electrons. The van der Waals surface area contributed by atoms with Gasteiger partial charge in [0, 0.05) is 22.1 Å². The molecule has 0 unspecified atom stereocenters. The first kappa shape index (κ1) is 15.4. The van der Waals surface area contributed by atoms with Crippen molar-refractivity contribution < 1.29 is 4.74 Å². The molecule has 0 amide bonds. The van der Waals surface area contributed by atoms with Crippen LogP contribution >= 0.6 is 27.5 Å². The third-order valence-electron chi connectivity index (χ3n) is 2.99. The Morgan fingerprint density at radius 1 is 1.20 bits per heavy atom. The van der Waals surface area contributed by atoms with Gasteiger partial charge >= 0.3 is 0 Å². The average molecular weight is 355 g/mol. The van der Waals surface area contributed by atoms with Crippen LogP contribution in [0.5, 0.6) is 5.75 Å². The fraction of sp³-hybridized carbons (Fsp3) is 0.250. The summed E-state index contributed by atoms with van der Waals surface area (Å²) in [4.78, 5) is 0. The van der Waals surface area contributed by atoms with Crippen LogP contribution in [0.3, 0.4) is 0 Å². The smallest absolute Gasteiger partial charge is 0.120 e. The summed E-state index contributed by atoms with van der Waals surface area (Å²) < 4.78 is 6.70. The van der Waals surface area contributed by atoms with E-state index in [2.05, 4.69) is 28.2 Å². The molecule has 0 aliphatic heterocycles. The maximum Gasteiger partial charge on any atom is 0.120 e. The fourth-order valence-electron chi connectivity index (χ4n) is 1.94. The number of benzene rings is 2. The van der Waals surface area contributed by atoms with Crippen LogP contribution in [0.4, 0.5) is 0 Å². The lowest BCUT2D eigenvalue weighted by molar-refractivity contribution is 0.307. The molecule has 0 fully saturated rings. The molecule has 0 aliphatic carbocycles. The second kappa shape index (κ2) is 7.67. The highest BCUT2D eigenvalue weighted by Crippen LogP contribution is 2.22. The van der Waals surface area contributed by atoms with E-state index in [0.29, 0.717) is 6.61 Å². The number of ether oxygens (including phenoxy) is 1. The molecule has 0 aromatic heterocycles. The summed E-state index contributed by atoms with van der Waals surface area (Å²) in [6.07, 6.45) is 0. The molecule has 1 N–H and O–H groups in total. The highest BCUT2D eigenvalue weighted by Gasteiger charge is 2.07. The Morgan fingerprint density at radius 2 is 2.00 bits per heavy atom. The van der Waals surface area contributed by atoms with E-state index in [4.69, 9.17) is 16.3 Å². The van der Waals surface area contributed by atoms with Crippen molar-refractivity contribution in [3.05, 3.63) is 63.6 Å². The molecule has 0 heterocycles. The summed E-state index contributed by atoms with van der Waals surface area (Å²) in [5, 5.41) is 4.20. The van der Waals surface area contributed by atoms with Crippen LogP contribution in [0, 0.1) is 0 Å². The van der Waals surface area contributed by atoms with Gasteiger partial charge in [0.1, 0.15) is 12.4 Å². The van der Waals surface area contributed by atoms with Crippen molar-refractivity contribution in [2.75, 3.05) is 13.2 Å². The van der Waals surface area contributed by atoms with Gasteiger partial charge in [-0.1, -0.05) is 51.8 Å².